The Hall–Kier alpha value is -3.09. The van der Waals surface area contributed by atoms with Gasteiger partial charge in [0.2, 0.25) is 11.8 Å². The van der Waals surface area contributed by atoms with Gasteiger partial charge < -0.3 is 19.4 Å². The number of ether oxygens (including phenoxy) is 1. The first-order valence-electron chi connectivity index (χ1n) is 10.7. The molecule has 0 radical (unpaired) electrons. The number of rotatable bonds is 4. The number of carbonyl (C=O) groups excluding carboxylic acids is 2. The zero-order chi connectivity index (χ0) is 22.0. The molecule has 2 aliphatic rings. The van der Waals surface area contributed by atoms with Gasteiger partial charge in [-0.25, -0.2) is 4.39 Å². The zero-order valence-corrected chi connectivity index (χ0v) is 18.0. The van der Waals surface area contributed by atoms with Crippen molar-refractivity contribution in [1.82, 2.24) is 9.80 Å². The van der Waals surface area contributed by atoms with Crippen LogP contribution in [-0.2, 0) is 9.59 Å². The normalized spacial score (nSPS) is 21.9. The highest BCUT2D eigenvalue weighted by molar-refractivity contribution is 5.85. The summed E-state index contributed by atoms with van der Waals surface area (Å²) in [6, 6.07) is 14.0. The smallest absolute Gasteiger partial charge is 0.228 e. The van der Waals surface area contributed by atoms with Crippen molar-refractivity contribution in [2.75, 3.05) is 45.2 Å². The highest BCUT2D eigenvalue weighted by Crippen LogP contribution is 2.37. The van der Waals surface area contributed by atoms with E-state index >= 15 is 0 Å². The number of nitrogens with zero attached hydrogens (tertiary/aromatic N) is 3. The van der Waals surface area contributed by atoms with E-state index in [1.54, 1.807) is 31.2 Å². The van der Waals surface area contributed by atoms with Gasteiger partial charge in [0, 0.05) is 39.6 Å². The number of halogens is 1. The molecule has 2 saturated heterocycles. The lowest BCUT2D eigenvalue weighted by Gasteiger charge is -2.43. The maximum absolute atomic E-state index is 14.1. The minimum Gasteiger partial charge on any atom is -0.497 e. The Morgan fingerprint density at radius 3 is 2.35 bits per heavy atom. The molecule has 2 amide bonds. The Bertz CT molecular complexity index is 941. The Morgan fingerprint density at radius 1 is 1.03 bits per heavy atom. The number of methoxy groups -OCH3 is 1. The van der Waals surface area contributed by atoms with Crippen LogP contribution in [0, 0.1) is 11.7 Å². The molecule has 0 spiro atoms. The Balaban J connectivity index is 1.49. The lowest BCUT2D eigenvalue weighted by Crippen LogP contribution is -2.53. The van der Waals surface area contributed by atoms with Crippen molar-refractivity contribution in [3.8, 4) is 5.75 Å². The average Bonchev–Trinajstić information content (AvgIpc) is 2.81. The highest BCUT2D eigenvalue weighted by Gasteiger charge is 2.41. The summed E-state index contributed by atoms with van der Waals surface area (Å²) in [4.78, 5) is 31.4. The van der Waals surface area contributed by atoms with Crippen molar-refractivity contribution in [3.05, 3.63) is 59.9 Å². The Labute approximate surface area is 182 Å². The van der Waals surface area contributed by atoms with Gasteiger partial charge in [-0.3, -0.25) is 9.59 Å². The molecule has 2 heterocycles. The molecule has 4 rings (SSSR count). The molecule has 2 aromatic carbocycles. The summed E-state index contributed by atoms with van der Waals surface area (Å²) in [6.45, 7) is 2.25. The largest absolute Gasteiger partial charge is 0.497 e. The highest BCUT2D eigenvalue weighted by atomic mass is 19.1. The average molecular weight is 426 g/mol. The number of likely N-dealkylation sites (tertiary alicyclic amines) is 1. The molecule has 0 aromatic heterocycles. The minimum atomic E-state index is -0.302. The predicted octanol–water partition coefficient (Wildman–Crippen LogP) is 3.09. The quantitative estimate of drug-likeness (QED) is 0.756. The number of hydrogen-bond acceptors (Lipinski definition) is 4. The second-order valence-corrected chi connectivity index (χ2v) is 8.13. The fraction of sp³-hybridized carbons (Fsp3) is 0.417. The topological polar surface area (TPSA) is 53.1 Å². The van der Waals surface area contributed by atoms with E-state index in [2.05, 4.69) is 0 Å². The third-order valence-corrected chi connectivity index (χ3v) is 6.42. The van der Waals surface area contributed by atoms with E-state index in [-0.39, 0.29) is 29.6 Å². The van der Waals surface area contributed by atoms with Crippen LogP contribution in [0.3, 0.4) is 0 Å². The van der Waals surface area contributed by atoms with Crippen LogP contribution in [0.1, 0.15) is 24.4 Å². The van der Waals surface area contributed by atoms with Crippen molar-refractivity contribution < 1.29 is 18.7 Å². The summed E-state index contributed by atoms with van der Waals surface area (Å²) in [5.74, 6) is 0.314. The first-order valence-corrected chi connectivity index (χ1v) is 10.7. The molecule has 6 nitrogen and oxygen atoms in total. The molecule has 0 aliphatic carbocycles. The van der Waals surface area contributed by atoms with Gasteiger partial charge in [-0.2, -0.15) is 0 Å². The lowest BCUT2D eigenvalue weighted by molar-refractivity contribution is -0.146. The van der Waals surface area contributed by atoms with Gasteiger partial charge >= 0.3 is 0 Å². The molecule has 7 heteroatoms. The molecule has 2 aromatic rings. The number of hydrogen-bond donors (Lipinski definition) is 0. The van der Waals surface area contributed by atoms with Crippen LogP contribution < -0.4 is 9.64 Å². The van der Waals surface area contributed by atoms with Gasteiger partial charge in [0.05, 0.1) is 24.8 Å². The summed E-state index contributed by atoms with van der Waals surface area (Å²) < 4.78 is 19.4. The van der Waals surface area contributed by atoms with Gasteiger partial charge in [-0.1, -0.05) is 24.3 Å². The van der Waals surface area contributed by atoms with E-state index < -0.39 is 0 Å². The van der Waals surface area contributed by atoms with E-state index in [0.717, 1.165) is 11.3 Å². The van der Waals surface area contributed by atoms with Crippen molar-refractivity contribution in [2.45, 2.75) is 18.9 Å². The summed E-state index contributed by atoms with van der Waals surface area (Å²) in [5, 5.41) is 0. The van der Waals surface area contributed by atoms with Crippen LogP contribution in [0.25, 0.3) is 0 Å². The summed E-state index contributed by atoms with van der Waals surface area (Å²) in [5.41, 5.74) is 1.51. The zero-order valence-electron chi connectivity index (χ0n) is 18.0. The maximum Gasteiger partial charge on any atom is 0.228 e. The fourth-order valence-electron chi connectivity index (χ4n) is 4.66. The molecule has 164 valence electrons. The number of anilines is 1. The second-order valence-electron chi connectivity index (χ2n) is 8.13. The van der Waals surface area contributed by atoms with Crippen molar-refractivity contribution in [1.29, 1.82) is 0 Å². The van der Waals surface area contributed by atoms with Crippen LogP contribution in [0.4, 0.5) is 10.1 Å². The monoisotopic (exact) mass is 425 g/mol. The third-order valence-electron chi connectivity index (χ3n) is 6.42. The minimum absolute atomic E-state index is 0.0502. The molecular weight excluding hydrogens is 397 g/mol. The van der Waals surface area contributed by atoms with E-state index in [1.165, 1.54) is 6.07 Å². The van der Waals surface area contributed by atoms with E-state index in [1.807, 2.05) is 40.1 Å². The number of piperidine rings is 1. The number of amides is 2. The molecule has 0 unspecified atom stereocenters. The number of carbonyl (C=O) groups is 2. The van der Waals surface area contributed by atoms with E-state index in [9.17, 15) is 14.0 Å². The van der Waals surface area contributed by atoms with E-state index in [0.29, 0.717) is 44.7 Å². The van der Waals surface area contributed by atoms with Gasteiger partial charge in [-0.15, -0.1) is 0 Å². The Kier molecular flexibility index (Phi) is 6.11. The Morgan fingerprint density at radius 2 is 1.71 bits per heavy atom. The molecule has 2 fully saturated rings. The first kappa shape index (κ1) is 21.2. The summed E-state index contributed by atoms with van der Waals surface area (Å²) in [6.07, 6.45) is 0.904. The molecule has 0 N–H and O–H groups in total. The molecule has 2 aliphatic heterocycles. The fourth-order valence-corrected chi connectivity index (χ4v) is 4.66. The number of benzene rings is 2. The van der Waals surface area contributed by atoms with Crippen molar-refractivity contribution >= 4 is 17.5 Å². The van der Waals surface area contributed by atoms with Crippen molar-refractivity contribution in [2.24, 2.45) is 5.92 Å². The van der Waals surface area contributed by atoms with Gasteiger partial charge in [0.25, 0.3) is 0 Å². The van der Waals surface area contributed by atoms with Gasteiger partial charge in [0.15, 0.2) is 0 Å². The first-order chi connectivity index (χ1) is 15.0. The number of piperazine rings is 1. The molecule has 0 saturated carbocycles. The van der Waals surface area contributed by atoms with Gasteiger partial charge in [0.1, 0.15) is 11.6 Å². The standard InChI is InChI=1S/C24H28FN3O3/c1-26-22(29)12-11-19(23(26)17-7-9-18(31-2)10-8-17)24(30)28-15-13-27(14-16-28)21-6-4-3-5-20(21)25/h3-10,19,23H,11-16H2,1-2H3/t19-,23+/m0/s1. The van der Waals surface area contributed by atoms with Crippen LogP contribution in [0.2, 0.25) is 0 Å². The maximum atomic E-state index is 14.1. The second kappa shape index (κ2) is 8.96. The SMILES string of the molecule is COc1ccc([C@@H]2[C@@H](C(=O)N3CCN(c4ccccc4F)CC3)CCC(=O)N2C)cc1. The van der Waals surface area contributed by atoms with Gasteiger partial charge in [-0.05, 0) is 36.2 Å². The van der Waals surface area contributed by atoms with Crippen molar-refractivity contribution in [3.63, 3.8) is 0 Å². The molecule has 31 heavy (non-hydrogen) atoms. The summed E-state index contributed by atoms with van der Waals surface area (Å²) in [7, 11) is 3.38. The van der Waals surface area contributed by atoms with Crippen LogP contribution in [-0.4, -0.2) is 62.0 Å². The van der Waals surface area contributed by atoms with Crippen LogP contribution in [0.15, 0.2) is 48.5 Å². The third kappa shape index (κ3) is 4.22. The summed E-state index contributed by atoms with van der Waals surface area (Å²) >= 11 is 0. The lowest BCUT2D eigenvalue weighted by atomic mass is 9.83. The number of para-hydroxylation sites is 1. The predicted molar refractivity (Wildman–Crippen MR) is 116 cm³/mol. The molecule has 0 bridgehead atoms. The van der Waals surface area contributed by atoms with Crippen LogP contribution in [0.5, 0.6) is 5.75 Å². The molecular formula is C24H28FN3O3. The van der Waals surface area contributed by atoms with Crippen LogP contribution >= 0.6 is 0 Å². The molecule has 2 atom stereocenters. The van der Waals surface area contributed by atoms with E-state index in [4.69, 9.17) is 4.74 Å².